The van der Waals surface area contributed by atoms with Crippen LogP contribution in [0.2, 0.25) is 0 Å². The SMILES string of the molecule is Nc1nc(O[C@H]2CC[C@H](N)CC2)c2c(n1)C1(CCCC1)CCC2. The van der Waals surface area contributed by atoms with Crippen molar-refractivity contribution in [3.8, 4) is 5.88 Å². The molecule has 0 aromatic carbocycles. The van der Waals surface area contributed by atoms with Crippen molar-refractivity contribution >= 4 is 5.95 Å². The Balaban J connectivity index is 1.64. The van der Waals surface area contributed by atoms with Gasteiger partial charge in [0.05, 0.1) is 5.69 Å². The summed E-state index contributed by atoms with van der Waals surface area (Å²) in [5.41, 5.74) is 14.7. The minimum atomic E-state index is 0.231. The summed E-state index contributed by atoms with van der Waals surface area (Å²) in [5.74, 6) is 1.14. The first-order valence-electron chi connectivity index (χ1n) is 9.25. The van der Waals surface area contributed by atoms with Crippen LogP contribution in [-0.2, 0) is 11.8 Å². The van der Waals surface area contributed by atoms with Gasteiger partial charge in [-0.2, -0.15) is 4.98 Å². The van der Waals surface area contributed by atoms with Gasteiger partial charge in [0.25, 0.3) is 0 Å². The van der Waals surface area contributed by atoms with E-state index in [1.807, 2.05) is 0 Å². The highest BCUT2D eigenvalue weighted by molar-refractivity contribution is 5.42. The molecule has 0 unspecified atom stereocenters. The number of fused-ring (bicyclic) bond motifs is 2. The van der Waals surface area contributed by atoms with Gasteiger partial charge in [-0.05, 0) is 57.8 Å². The van der Waals surface area contributed by atoms with E-state index in [4.69, 9.17) is 16.2 Å². The monoisotopic (exact) mass is 316 g/mol. The molecule has 23 heavy (non-hydrogen) atoms. The Bertz CT molecular complexity index is 575. The number of ether oxygens (including phenoxy) is 1. The third kappa shape index (κ3) is 2.80. The second-order valence-corrected chi connectivity index (χ2v) is 7.71. The minimum Gasteiger partial charge on any atom is -0.474 e. The molecule has 3 aliphatic rings. The molecule has 4 rings (SSSR count). The molecular weight excluding hydrogens is 288 g/mol. The largest absolute Gasteiger partial charge is 0.474 e. The van der Waals surface area contributed by atoms with E-state index in [0.29, 0.717) is 12.0 Å². The maximum Gasteiger partial charge on any atom is 0.223 e. The van der Waals surface area contributed by atoms with Crippen molar-refractivity contribution < 1.29 is 4.74 Å². The zero-order valence-corrected chi connectivity index (χ0v) is 13.9. The van der Waals surface area contributed by atoms with Gasteiger partial charge in [-0.15, -0.1) is 0 Å². The molecular formula is C18H28N4O. The number of aromatic nitrogens is 2. The molecule has 2 fully saturated rings. The molecule has 5 heteroatoms. The third-order valence-corrected chi connectivity index (χ3v) is 6.13. The summed E-state index contributed by atoms with van der Waals surface area (Å²) < 4.78 is 6.30. The molecule has 0 radical (unpaired) electrons. The lowest BCUT2D eigenvalue weighted by atomic mass is 9.72. The lowest BCUT2D eigenvalue weighted by Crippen LogP contribution is -2.34. The number of nitrogens with two attached hydrogens (primary N) is 2. The molecule has 0 atom stereocenters. The molecule has 126 valence electrons. The highest BCUT2D eigenvalue weighted by Gasteiger charge is 2.42. The van der Waals surface area contributed by atoms with Gasteiger partial charge < -0.3 is 16.2 Å². The molecule has 3 aliphatic carbocycles. The van der Waals surface area contributed by atoms with E-state index >= 15 is 0 Å². The molecule has 1 spiro atoms. The number of hydrogen-bond donors (Lipinski definition) is 2. The normalized spacial score (nSPS) is 29.4. The first-order chi connectivity index (χ1) is 11.2. The summed E-state index contributed by atoms with van der Waals surface area (Å²) in [4.78, 5) is 9.15. The average Bonchev–Trinajstić information content (AvgIpc) is 3.00. The van der Waals surface area contributed by atoms with Crippen LogP contribution in [0.4, 0.5) is 5.95 Å². The Morgan fingerprint density at radius 2 is 1.65 bits per heavy atom. The van der Waals surface area contributed by atoms with Crippen molar-refractivity contribution in [2.45, 2.75) is 88.2 Å². The van der Waals surface area contributed by atoms with E-state index in [-0.39, 0.29) is 11.5 Å². The van der Waals surface area contributed by atoms with Gasteiger partial charge >= 0.3 is 0 Å². The number of hydrogen-bond acceptors (Lipinski definition) is 5. The van der Waals surface area contributed by atoms with Crippen LogP contribution in [0.25, 0.3) is 0 Å². The van der Waals surface area contributed by atoms with Crippen LogP contribution < -0.4 is 16.2 Å². The van der Waals surface area contributed by atoms with Gasteiger partial charge in [-0.3, -0.25) is 0 Å². The first kappa shape index (κ1) is 15.2. The zero-order valence-electron chi connectivity index (χ0n) is 13.9. The summed E-state index contributed by atoms with van der Waals surface area (Å²) in [6.07, 6.45) is 12.9. The second kappa shape index (κ2) is 5.93. The maximum absolute atomic E-state index is 6.30. The third-order valence-electron chi connectivity index (χ3n) is 6.13. The summed E-state index contributed by atoms with van der Waals surface area (Å²) >= 11 is 0. The fraction of sp³-hybridized carbons (Fsp3) is 0.778. The fourth-order valence-corrected chi connectivity index (χ4v) is 4.87. The van der Waals surface area contributed by atoms with Crippen molar-refractivity contribution in [1.82, 2.24) is 9.97 Å². The topological polar surface area (TPSA) is 87.0 Å². The minimum absolute atomic E-state index is 0.231. The van der Waals surface area contributed by atoms with E-state index in [1.54, 1.807) is 0 Å². The van der Waals surface area contributed by atoms with E-state index in [1.165, 1.54) is 49.8 Å². The lowest BCUT2D eigenvalue weighted by molar-refractivity contribution is 0.138. The molecule has 1 heterocycles. The average molecular weight is 316 g/mol. The van der Waals surface area contributed by atoms with Gasteiger partial charge in [0.15, 0.2) is 0 Å². The van der Waals surface area contributed by atoms with E-state index < -0.39 is 0 Å². The van der Waals surface area contributed by atoms with Crippen LogP contribution in [0.1, 0.15) is 75.5 Å². The molecule has 2 saturated carbocycles. The van der Waals surface area contributed by atoms with Gasteiger partial charge in [0, 0.05) is 17.0 Å². The van der Waals surface area contributed by atoms with E-state index in [0.717, 1.165) is 38.0 Å². The quantitative estimate of drug-likeness (QED) is 0.876. The van der Waals surface area contributed by atoms with Crippen molar-refractivity contribution in [2.75, 3.05) is 5.73 Å². The van der Waals surface area contributed by atoms with Crippen LogP contribution in [0, 0.1) is 0 Å². The van der Waals surface area contributed by atoms with Gasteiger partial charge in [0.2, 0.25) is 11.8 Å². The standard InChI is InChI=1S/C18H28N4O/c19-12-5-7-13(8-6-12)23-16-14-4-3-11-18(9-1-2-10-18)15(14)21-17(20)22-16/h12-13H,1-11,19H2,(H2,20,21,22)/t12-,13-. The predicted molar refractivity (Wildman–Crippen MR) is 90.4 cm³/mol. The van der Waals surface area contributed by atoms with E-state index in [2.05, 4.69) is 9.97 Å². The lowest BCUT2D eigenvalue weighted by Gasteiger charge is -2.36. The summed E-state index contributed by atoms with van der Waals surface area (Å²) in [5, 5.41) is 0. The molecule has 5 nitrogen and oxygen atoms in total. The summed E-state index contributed by atoms with van der Waals surface area (Å²) in [6.45, 7) is 0. The molecule has 4 N–H and O–H groups in total. The Morgan fingerprint density at radius 1 is 0.957 bits per heavy atom. The molecule has 0 amide bonds. The van der Waals surface area contributed by atoms with Crippen LogP contribution in [0.3, 0.4) is 0 Å². The Morgan fingerprint density at radius 3 is 2.39 bits per heavy atom. The summed E-state index contributed by atoms with van der Waals surface area (Å²) in [6, 6.07) is 0.334. The second-order valence-electron chi connectivity index (χ2n) is 7.71. The summed E-state index contributed by atoms with van der Waals surface area (Å²) in [7, 11) is 0. The molecule has 0 aliphatic heterocycles. The van der Waals surface area contributed by atoms with Crippen molar-refractivity contribution in [3.63, 3.8) is 0 Å². The Labute approximate surface area is 138 Å². The Kier molecular flexibility index (Phi) is 3.92. The van der Waals surface area contributed by atoms with Crippen LogP contribution in [-0.4, -0.2) is 22.1 Å². The smallest absolute Gasteiger partial charge is 0.223 e. The van der Waals surface area contributed by atoms with Crippen LogP contribution in [0.5, 0.6) is 5.88 Å². The molecule has 1 aromatic heterocycles. The Hall–Kier alpha value is -1.36. The van der Waals surface area contributed by atoms with E-state index in [9.17, 15) is 0 Å². The predicted octanol–water partition coefficient (Wildman–Crippen LogP) is 2.86. The van der Waals surface area contributed by atoms with Crippen LogP contribution in [0.15, 0.2) is 0 Å². The first-order valence-corrected chi connectivity index (χ1v) is 9.25. The molecule has 0 bridgehead atoms. The van der Waals surface area contributed by atoms with Gasteiger partial charge in [-0.1, -0.05) is 12.8 Å². The number of anilines is 1. The fourth-order valence-electron chi connectivity index (χ4n) is 4.87. The molecule has 0 saturated heterocycles. The zero-order chi connectivity index (χ0) is 15.9. The van der Waals surface area contributed by atoms with Crippen molar-refractivity contribution in [3.05, 3.63) is 11.3 Å². The van der Waals surface area contributed by atoms with Gasteiger partial charge in [0.1, 0.15) is 6.10 Å². The van der Waals surface area contributed by atoms with Crippen molar-refractivity contribution in [2.24, 2.45) is 5.73 Å². The molecule has 1 aromatic rings. The number of nitrogen functional groups attached to an aromatic ring is 1. The number of nitrogens with zero attached hydrogens (tertiary/aromatic N) is 2. The highest BCUT2D eigenvalue weighted by Crippen LogP contribution is 2.49. The van der Waals surface area contributed by atoms with Crippen molar-refractivity contribution in [1.29, 1.82) is 0 Å². The number of rotatable bonds is 2. The highest BCUT2D eigenvalue weighted by atomic mass is 16.5. The maximum atomic E-state index is 6.30. The van der Waals surface area contributed by atoms with Gasteiger partial charge in [-0.25, -0.2) is 4.98 Å². The van der Waals surface area contributed by atoms with Crippen LogP contribution >= 0.6 is 0 Å².